The maximum absolute atomic E-state index is 2.43. The fourth-order valence-corrected chi connectivity index (χ4v) is 8.71. The van der Waals surface area contributed by atoms with Crippen LogP contribution in [0, 0.1) is 0 Å². The van der Waals surface area contributed by atoms with Gasteiger partial charge < -0.3 is 4.90 Å². The van der Waals surface area contributed by atoms with Gasteiger partial charge in [0.25, 0.3) is 0 Å². The van der Waals surface area contributed by atoms with Crippen molar-refractivity contribution in [1.29, 1.82) is 0 Å². The zero-order valence-corrected chi connectivity index (χ0v) is 26.9. The van der Waals surface area contributed by atoms with Gasteiger partial charge in [-0.25, -0.2) is 0 Å². The molecule has 0 saturated carbocycles. The summed E-state index contributed by atoms with van der Waals surface area (Å²) in [6.45, 7) is 0. The van der Waals surface area contributed by atoms with Crippen LogP contribution in [0.3, 0.4) is 0 Å². The molecule has 0 bridgehead atoms. The van der Waals surface area contributed by atoms with Crippen LogP contribution >= 0.6 is 11.3 Å². The Kier molecular flexibility index (Phi) is 6.12. The van der Waals surface area contributed by atoms with Crippen molar-refractivity contribution in [3.05, 3.63) is 176 Å². The summed E-state index contributed by atoms with van der Waals surface area (Å²) >= 11 is 1.87. The topological polar surface area (TPSA) is 3.24 Å². The van der Waals surface area contributed by atoms with Crippen LogP contribution < -0.4 is 4.90 Å². The largest absolute Gasteiger partial charge is 0.310 e. The number of hydrogen-bond acceptors (Lipinski definition) is 2. The highest BCUT2D eigenvalue weighted by Gasteiger charge is 2.18. The predicted molar refractivity (Wildman–Crippen MR) is 209 cm³/mol. The molecule has 0 amide bonds. The van der Waals surface area contributed by atoms with Crippen LogP contribution in [-0.4, -0.2) is 0 Å². The summed E-state index contributed by atoms with van der Waals surface area (Å²) in [5.74, 6) is 0. The molecule has 1 nitrogen and oxygen atoms in total. The molecule has 0 saturated heterocycles. The number of anilines is 3. The average molecular weight is 628 g/mol. The molecule has 0 aliphatic heterocycles. The van der Waals surface area contributed by atoms with Crippen LogP contribution in [0.1, 0.15) is 0 Å². The molecule has 0 atom stereocenters. The van der Waals surface area contributed by atoms with Gasteiger partial charge in [0.1, 0.15) is 0 Å². The van der Waals surface area contributed by atoms with Gasteiger partial charge in [-0.3, -0.25) is 0 Å². The van der Waals surface area contributed by atoms with Crippen molar-refractivity contribution in [3.8, 4) is 11.1 Å². The Hall–Kier alpha value is -5.96. The molecule has 0 N–H and O–H groups in total. The quantitative estimate of drug-likeness (QED) is 0.176. The Balaban J connectivity index is 1.20. The van der Waals surface area contributed by atoms with E-state index in [1.54, 1.807) is 0 Å². The number of benzene rings is 9. The molecule has 0 unspecified atom stereocenters. The van der Waals surface area contributed by atoms with Crippen molar-refractivity contribution < 1.29 is 0 Å². The first-order chi connectivity index (χ1) is 23.8. The summed E-state index contributed by atoms with van der Waals surface area (Å²) in [7, 11) is 0. The van der Waals surface area contributed by atoms with E-state index in [0.29, 0.717) is 0 Å². The van der Waals surface area contributed by atoms with E-state index in [9.17, 15) is 0 Å². The summed E-state index contributed by atoms with van der Waals surface area (Å²) in [6, 6.07) is 64.6. The minimum absolute atomic E-state index is 1.13. The first-order valence-electron chi connectivity index (χ1n) is 16.4. The molecule has 10 aromatic rings. The first kappa shape index (κ1) is 27.2. The molecular formula is C46H29NS. The van der Waals surface area contributed by atoms with Crippen molar-refractivity contribution >= 4 is 91.7 Å². The maximum Gasteiger partial charge on any atom is 0.0540 e. The number of rotatable bonds is 4. The van der Waals surface area contributed by atoms with Gasteiger partial charge in [0, 0.05) is 36.9 Å². The van der Waals surface area contributed by atoms with Crippen LogP contribution in [0.25, 0.3) is 74.4 Å². The highest BCUT2D eigenvalue weighted by atomic mass is 32.1. The fraction of sp³-hybridized carbons (Fsp3) is 0. The molecule has 48 heavy (non-hydrogen) atoms. The predicted octanol–water partition coefficient (Wildman–Crippen LogP) is 13.8. The molecule has 1 heterocycles. The molecule has 0 radical (unpaired) electrons. The highest BCUT2D eigenvalue weighted by molar-refractivity contribution is 7.25. The summed E-state index contributed by atoms with van der Waals surface area (Å²) in [5, 5.41) is 12.7. The fourth-order valence-electron chi connectivity index (χ4n) is 7.58. The van der Waals surface area contributed by atoms with Gasteiger partial charge in [-0.2, -0.15) is 0 Å². The number of nitrogens with zero attached hydrogens (tertiary/aromatic N) is 1. The van der Waals surface area contributed by atoms with Crippen molar-refractivity contribution in [1.82, 2.24) is 0 Å². The zero-order chi connectivity index (χ0) is 31.6. The van der Waals surface area contributed by atoms with E-state index in [1.807, 2.05) is 11.3 Å². The minimum Gasteiger partial charge on any atom is -0.310 e. The molecule has 0 fully saturated rings. The third-order valence-electron chi connectivity index (χ3n) is 9.83. The van der Waals surface area contributed by atoms with Gasteiger partial charge in [-0.05, 0) is 91.3 Å². The Morgan fingerprint density at radius 2 is 0.938 bits per heavy atom. The molecule has 2 heteroatoms. The highest BCUT2D eigenvalue weighted by Crippen LogP contribution is 2.44. The number of fused-ring (bicyclic) bond motifs is 9. The van der Waals surface area contributed by atoms with E-state index >= 15 is 0 Å². The lowest BCUT2D eigenvalue weighted by Gasteiger charge is -2.28. The van der Waals surface area contributed by atoms with E-state index in [1.165, 1.54) is 74.4 Å². The Labute approximate surface area is 282 Å². The molecule has 0 spiro atoms. The molecule has 10 rings (SSSR count). The van der Waals surface area contributed by atoms with Crippen LogP contribution in [0.5, 0.6) is 0 Å². The van der Waals surface area contributed by atoms with Gasteiger partial charge >= 0.3 is 0 Å². The van der Waals surface area contributed by atoms with Crippen molar-refractivity contribution in [3.63, 3.8) is 0 Å². The smallest absolute Gasteiger partial charge is 0.0540 e. The van der Waals surface area contributed by atoms with E-state index in [0.717, 1.165) is 17.1 Å². The Morgan fingerprint density at radius 1 is 0.354 bits per heavy atom. The van der Waals surface area contributed by atoms with Gasteiger partial charge in [0.05, 0.1) is 5.69 Å². The standard InChI is InChI=1S/C46H29NS/c1-3-11-36-31(10-1)24-28-40-39(36)15-7-16-43(40)47(35-27-23-33-20-19-30-9-2-4-12-37(30)42(33)29-35)34-25-21-32(22-26-34)38-14-8-18-45-46(38)41-13-5-6-17-44(41)48-45/h1-29H. The third-order valence-corrected chi connectivity index (χ3v) is 11.0. The minimum atomic E-state index is 1.13. The summed E-state index contributed by atoms with van der Waals surface area (Å²) < 4.78 is 2.65. The van der Waals surface area contributed by atoms with Gasteiger partial charge in [0.2, 0.25) is 0 Å². The van der Waals surface area contributed by atoms with Crippen LogP contribution in [0.4, 0.5) is 17.1 Å². The van der Waals surface area contributed by atoms with Crippen molar-refractivity contribution in [2.24, 2.45) is 0 Å². The van der Waals surface area contributed by atoms with Gasteiger partial charge in [-0.15, -0.1) is 11.3 Å². The lowest BCUT2D eigenvalue weighted by molar-refractivity contribution is 1.30. The average Bonchev–Trinajstić information content (AvgIpc) is 3.54. The summed E-state index contributed by atoms with van der Waals surface area (Å²) in [6.07, 6.45) is 0. The number of hydrogen-bond donors (Lipinski definition) is 0. The van der Waals surface area contributed by atoms with Crippen LogP contribution in [0.15, 0.2) is 176 Å². The molecule has 0 aliphatic rings. The van der Waals surface area contributed by atoms with Crippen molar-refractivity contribution in [2.75, 3.05) is 4.90 Å². The Morgan fingerprint density at radius 3 is 1.75 bits per heavy atom. The molecular weight excluding hydrogens is 599 g/mol. The molecule has 9 aromatic carbocycles. The van der Waals surface area contributed by atoms with E-state index in [4.69, 9.17) is 0 Å². The monoisotopic (exact) mass is 627 g/mol. The lowest BCUT2D eigenvalue weighted by atomic mass is 9.97. The van der Waals surface area contributed by atoms with E-state index < -0.39 is 0 Å². The van der Waals surface area contributed by atoms with Gasteiger partial charge in [0.15, 0.2) is 0 Å². The third kappa shape index (κ3) is 4.24. The second-order valence-electron chi connectivity index (χ2n) is 12.5. The molecule has 1 aromatic heterocycles. The van der Waals surface area contributed by atoms with E-state index in [2.05, 4.69) is 181 Å². The number of thiophene rings is 1. The Bertz CT molecular complexity index is 2840. The van der Waals surface area contributed by atoms with Crippen LogP contribution in [-0.2, 0) is 0 Å². The summed E-state index contributed by atoms with van der Waals surface area (Å²) in [4.78, 5) is 2.43. The zero-order valence-electron chi connectivity index (χ0n) is 26.1. The van der Waals surface area contributed by atoms with E-state index in [-0.39, 0.29) is 0 Å². The van der Waals surface area contributed by atoms with Crippen LogP contribution in [0.2, 0.25) is 0 Å². The SMILES string of the molecule is c1ccc2c(c1)ccc1ccc(N(c3ccc(-c4cccc5sc6ccccc6c45)cc3)c3cccc4c3ccc3ccccc34)cc12. The first-order valence-corrected chi connectivity index (χ1v) is 17.2. The van der Waals surface area contributed by atoms with Gasteiger partial charge in [-0.1, -0.05) is 133 Å². The molecule has 224 valence electrons. The second kappa shape index (κ2) is 10.8. The molecule has 0 aliphatic carbocycles. The lowest BCUT2D eigenvalue weighted by Crippen LogP contribution is -2.10. The van der Waals surface area contributed by atoms with Crippen molar-refractivity contribution in [2.45, 2.75) is 0 Å². The second-order valence-corrected chi connectivity index (χ2v) is 13.6. The maximum atomic E-state index is 2.43. The normalized spacial score (nSPS) is 11.8. The summed E-state index contributed by atoms with van der Waals surface area (Å²) in [5.41, 5.74) is 5.93.